The van der Waals surface area contributed by atoms with E-state index in [0.29, 0.717) is 24.5 Å². The van der Waals surface area contributed by atoms with Gasteiger partial charge in [-0.25, -0.2) is 0 Å². The van der Waals surface area contributed by atoms with E-state index in [1.54, 1.807) is 0 Å². The Morgan fingerprint density at radius 2 is 2.06 bits per heavy atom. The molecule has 0 saturated heterocycles. The van der Waals surface area contributed by atoms with Gasteiger partial charge in [0.25, 0.3) is 0 Å². The minimum atomic E-state index is -0.0310. The maximum Gasteiger partial charge on any atom is 0.170 e. The van der Waals surface area contributed by atoms with E-state index in [1.807, 2.05) is 45.0 Å². The topological polar surface area (TPSA) is 38.3 Å². The molecule has 1 aromatic rings. The molecule has 3 nitrogen and oxygen atoms in total. The second-order valence-corrected chi connectivity index (χ2v) is 4.00. The maximum absolute atomic E-state index is 12.2. The molecule has 0 saturated carbocycles. The van der Waals surface area contributed by atoms with Gasteiger partial charge in [-0.15, -0.1) is 0 Å². The van der Waals surface area contributed by atoms with E-state index in [-0.39, 0.29) is 11.7 Å². The molecule has 0 aliphatic heterocycles. The monoisotopic (exact) mass is 235 g/mol. The zero-order valence-corrected chi connectivity index (χ0v) is 10.8. The molecule has 1 N–H and O–H groups in total. The first-order valence-electron chi connectivity index (χ1n) is 6.17. The van der Waals surface area contributed by atoms with E-state index in [2.05, 4.69) is 5.32 Å². The normalized spacial score (nSPS) is 12.2. The summed E-state index contributed by atoms with van der Waals surface area (Å²) in [7, 11) is 0. The minimum absolute atomic E-state index is 0.0310. The summed E-state index contributed by atoms with van der Waals surface area (Å²) >= 11 is 0. The van der Waals surface area contributed by atoms with Gasteiger partial charge in [-0.05, 0) is 25.6 Å². The standard InChI is InChI=1S/C14H21NO2/c1-4-15-10-11(3)14(16)12-8-6-7-9-13(12)17-5-2/h6-9,11,15H,4-5,10H2,1-3H3. The van der Waals surface area contributed by atoms with Crippen LogP contribution in [-0.2, 0) is 0 Å². The summed E-state index contributed by atoms with van der Waals surface area (Å²) in [5.41, 5.74) is 0.680. The van der Waals surface area contributed by atoms with Crippen molar-refractivity contribution in [1.82, 2.24) is 5.32 Å². The molecule has 0 bridgehead atoms. The second-order valence-electron chi connectivity index (χ2n) is 4.00. The Labute approximate surface area is 103 Å². The zero-order chi connectivity index (χ0) is 12.7. The average molecular weight is 235 g/mol. The van der Waals surface area contributed by atoms with Crippen molar-refractivity contribution in [3.8, 4) is 5.75 Å². The summed E-state index contributed by atoms with van der Waals surface area (Å²) < 4.78 is 5.47. The maximum atomic E-state index is 12.2. The number of carbonyl (C=O) groups excluding carboxylic acids is 1. The number of carbonyl (C=O) groups is 1. The van der Waals surface area contributed by atoms with Crippen molar-refractivity contribution in [3.63, 3.8) is 0 Å². The molecule has 0 aromatic heterocycles. The Balaban J connectivity index is 2.80. The van der Waals surface area contributed by atoms with Gasteiger partial charge in [-0.2, -0.15) is 0 Å². The highest BCUT2D eigenvalue weighted by atomic mass is 16.5. The Bertz CT molecular complexity index is 363. The molecule has 1 unspecified atom stereocenters. The number of Topliss-reactive ketones (excluding diaryl/α,β-unsaturated/α-hetero) is 1. The fourth-order valence-electron chi connectivity index (χ4n) is 1.67. The van der Waals surface area contributed by atoms with Crippen molar-refractivity contribution in [3.05, 3.63) is 29.8 Å². The van der Waals surface area contributed by atoms with Crippen LogP contribution in [0.1, 0.15) is 31.1 Å². The van der Waals surface area contributed by atoms with Crippen LogP contribution < -0.4 is 10.1 Å². The lowest BCUT2D eigenvalue weighted by atomic mass is 9.98. The lowest BCUT2D eigenvalue weighted by Gasteiger charge is -2.14. The number of para-hydroxylation sites is 1. The zero-order valence-electron chi connectivity index (χ0n) is 10.8. The van der Waals surface area contributed by atoms with Crippen molar-refractivity contribution in [2.45, 2.75) is 20.8 Å². The molecule has 3 heteroatoms. The second kappa shape index (κ2) is 7.07. The predicted molar refractivity (Wildman–Crippen MR) is 69.6 cm³/mol. The Hall–Kier alpha value is -1.35. The van der Waals surface area contributed by atoms with E-state index in [1.165, 1.54) is 0 Å². The van der Waals surface area contributed by atoms with Gasteiger partial charge in [0.15, 0.2) is 5.78 Å². The molecule has 1 atom stereocenters. The summed E-state index contributed by atoms with van der Waals surface area (Å²) in [5, 5.41) is 3.19. The average Bonchev–Trinajstić information content (AvgIpc) is 2.36. The van der Waals surface area contributed by atoms with Crippen LogP contribution in [0.2, 0.25) is 0 Å². The van der Waals surface area contributed by atoms with Crippen LogP contribution >= 0.6 is 0 Å². The molecular formula is C14H21NO2. The van der Waals surface area contributed by atoms with Crippen molar-refractivity contribution in [2.75, 3.05) is 19.7 Å². The van der Waals surface area contributed by atoms with Crippen molar-refractivity contribution >= 4 is 5.78 Å². The molecule has 17 heavy (non-hydrogen) atoms. The molecular weight excluding hydrogens is 214 g/mol. The lowest BCUT2D eigenvalue weighted by molar-refractivity contribution is 0.0925. The molecule has 0 spiro atoms. The minimum Gasteiger partial charge on any atom is -0.493 e. The fourth-order valence-corrected chi connectivity index (χ4v) is 1.67. The molecule has 0 fully saturated rings. The summed E-state index contributed by atoms with van der Waals surface area (Å²) in [6.07, 6.45) is 0. The van der Waals surface area contributed by atoms with Crippen LogP contribution in [0.4, 0.5) is 0 Å². The number of benzene rings is 1. The van der Waals surface area contributed by atoms with E-state index in [0.717, 1.165) is 6.54 Å². The van der Waals surface area contributed by atoms with Crippen molar-refractivity contribution in [2.24, 2.45) is 5.92 Å². The van der Waals surface area contributed by atoms with Crippen molar-refractivity contribution < 1.29 is 9.53 Å². The Kier molecular flexibility index (Phi) is 5.70. The third-order valence-electron chi connectivity index (χ3n) is 2.60. The predicted octanol–water partition coefficient (Wildman–Crippen LogP) is 2.51. The van der Waals surface area contributed by atoms with Crippen LogP contribution in [0, 0.1) is 5.92 Å². The molecule has 1 rings (SSSR count). The van der Waals surface area contributed by atoms with E-state index >= 15 is 0 Å². The largest absolute Gasteiger partial charge is 0.493 e. The SMILES string of the molecule is CCNCC(C)C(=O)c1ccccc1OCC. The number of rotatable bonds is 7. The van der Waals surface area contributed by atoms with E-state index < -0.39 is 0 Å². The lowest BCUT2D eigenvalue weighted by Crippen LogP contribution is -2.26. The molecule has 0 aliphatic carbocycles. The van der Waals surface area contributed by atoms with Crippen LogP contribution in [0.3, 0.4) is 0 Å². The molecule has 0 heterocycles. The third-order valence-corrected chi connectivity index (χ3v) is 2.60. The van der Waals surface area contributed by atoms with Gasteiger partial charge in [0.2, 0.25) is 0 Å². The number of hydrogen-bond donors (Lipinski definition) is 1. The number of ketones is 1. The van der Waals surface area contributed by atoms with Gasteiger partial charge >= 0.3 is 0 Å². The summed E-state index contributed by atoms with van der Waals surface area (Å²) in [6.45, 7) is 8.05. The van der Waals surface area contributed by atoms with Crippen LogP contribution in [0.5, 0.6) is 5.75 Å². The van der Waals surface area contributed by atoms with Gasteiger partial charge in [0.05, 0.1) is 12.2 Å². The molecule has 94 valence electrons. The number of hydrogen-bond acceptors (Lipinski definition) is 3. The van der Waals surface area contributed by atoms with Crippen LogP contribution in [0.25, 0.3) is 0 Å². The summed E-state index contributed by atoms with van der Waals surface area (Å²) in [6, 6.07) is 7.43. The highest BCUT2D eigenvalue weighted by molar-refractivity contribution is 6.00. The van der Waals surface area contributed by atoms with Gasteiger partial charge in [0.1, 0.15) is 5.75 Å². The molecule has 0 radical (unpaired) electrons. The van der Waals surface area contributed by atoms with Gasteiger partial charge < -0.3 is 10.1 Å². The third kappa shape index (κ3) is 3.86. The smallest absolute Gasteiger partial charge is 0.170 e. The number of ether oxygens (including phenoxy) is 1. The van der Waals surface area contributed by atoms with Gasteiger partial charge in [-0.3, -0.25) is 4.79 Å². The summed E-state index contributed by atoms with van der Waals surface area (Å²) in [5.74, 6) is 0.787. The Morgan fingerprint density at radius 1 is 1.35 bits per heavy atom. The van der Waals surface area contributed by atoms with Gasteiger partial charge in [-0.1, -0.05) is 26.0 Å². The molecule has 0 amide bonds. The molecule has 0 aliphatic rings. The molecule has 1 aromatic carbocycles. The quantitative estimate of drug-likeness (QED) is 0.738. The first-order valence-corrected chi connectivity index (χ1v) is 6.17. The van der Waals surface area contributed by atoms with E-state index in [4.69, 9.17) is 4.74 Å². The number of nitrogens with one attached hydrogen (secondary N) is 1. The first-order chi connectivity index (χ1) is 8.20. The summed E-state index contributed by atoms with van der Waals surface area (Å²) in [4.78, 5) is 12.2. The fraction of sp³-hybridized carbons (Fsp3) is 0.500. The van der Waals surface area contributed by atoms with Crippen LogP contribution in [0.15, 0.2) is 24.3 Å². The van der Waals surface area contributed by atoms with E-state index in [9.17, 15) is 4.79 Å². The highest BCUT2D eigenvalue weighted by Gasteiger charge is 2.18. The van der Waals surface area contributed by atoms with Crippen molar-refractivity contribution in [1.29, 1.82) is 0 Å². The van der Waals surface area contributed by atoms with Gasteiger partial charge in [0, 0.05) is 12.5 Å². The Morgan fingerprint density at radius 3 is 2.71 bits per heavy atom. The first kappa shape index (κ1) is 13.7. The van der Waals surface area contributed by atoms with Crippen LogP contribution in [-0.4, -0.2) is 25.5 Å². The highest BCUT2D eigenvalue weighted by Crippen LogP contribution is 2.21.